The van der Waals surface area contributed by atoms with E-state index in [0.29, 0.717) is 39.7 Å². The average molecular weight is 495 g/mol. The Hall–Kier alpha value is -3.01. The predicted octanol–water partition coefficient (Wildman–Crippen LogP) is 4.75. The van der Waals surface area contributed by atoms with Gasteiger partial charge >= 0.3 is 0 Å². The Kier molecular flexibility index (Phi) is 6.24. The van der Waals surface area contributed by atoms with Crippen molar-refractivity contribution in [1.29, 1.82) is 0 Å². The summed E-state index contributed by atoms with van der Waals surface area (Å²) >= 11 is 1.44. The lowest BCUT2D eigenvalue weighted by atomic mass is 10.1. The molecule has 0 saturated carbocycles. The number of fused-ring (bicyclic) bond motifs is 1. The minimum Gasteiger partial charge on any atom is -0.378 e. The Morgan fingerprint density at radius 2 is 1.85 bits per heavy atom. The smallest absolute Gasteiger partial charge is 0.260 e. The minimum absolute atomic E-state index is 0.181. The van der Waals surface area contributed by atoms with E-state index in [4.69, 9.17) is 0 Å². The highest BCUT2D eigenvalue weighted by Gasteiger charge is 2.27. The molecule has 2 aromatic heterocycles. The van der Waals surface area contributed by atoms with Crippen LogP contribution in [0.25, 0.3) is 21.3 Å². The standard InChI is InChI=1S/C25H26N4O3S2/c1-17-10-11-19(14-21(17)34(31,32)29-12-6-3-7-13-29)26-15-22-27-24(30)23-20(16-33-25(23)28-22)18-8-4-2-5-9-18/h2,4-5,8-11,14,16,26H,3,6-7,12-13,15H2,1H3,(H,27,28,30). The van der Waals surface area contributed by atoms with E-state index in [-0.39, 0.29) is 12.1 Å². The number of hydrogen-bond acceptors (Lipinski definition) is 6. The minimum atomic E-state index is -3.54. The van der Waals surface area contributed by atoms with Crippen LogP contribution >= 0.6 is 11.3 Å². The molecule has 0 unspecified atom stereocenters. The van der Waals surface area contributed by atoms with E-state index >= 15 is 0 Å². The van der Waals surface area contributed by atoms with Gasteiger partial charge in [-0.25, -0.2) is 13.4 Å². The van der Waals surface area contributed by atoms with Crippen LogP contribution in [-0.4, -0.2) is 35.8 Å². The number of anilines is 1. The monoisotopic (exact) mass is 494 g/mol. The molecule has 1 aliphatic heterocycles. The van der Waals surface area contributed by atoms with Crippen molar-refractivity contribution in [2.75, 3.05) is 18.4 Å². The number of aryl methyl sites for hydroxylation is 1. The van der Waals surface area contributed by atoms with Crippen molar-refractivity contribution in [3.63, 3.8) is 0 Å². The van der Waals surface area contributed by atoms with Crippen molar-refractivity contribution in [2.45, 2.75) is 37.6 Å². The molecule has 176 valence electrons. The number of hydrogen-bond donors (Lipinski definition) is 2. The Balaban J connectivity index is 1.39. The van der Waals surface area contributed by atoms with Gasteiger partial charge in [-0.15, -0.1) is 11.3 Å². The molecule has 3 heterocycles. The van der Waals surface area contributed by atoms with Gasteiger partial charge in [0.25, 0.3) is 5.56 Å². The second-order valence-electron chi connectivity index (χ2n) is 8.51. The molecule has 2 aromatic carbocycles. The molecular weight excluding hydrogens is 468 g/mol. The quantitative estimate of drug-likeness (QED) is 0.403. The van der Waals surface area contributed by atoms with Gasteiger partial charge in [-0.3, -0.25) is 4.79 Å². The Morgan fingerprint density at radius 3 is 2.62 bits per heavy atom. The van der Waals surface area contributed by atoms with Gasteiger partial charge < -0.3 is 10.3 Å². The maximum absolute atomic E-state index is 13.2. The number of aromatic nitrogens is 2. The Labute approximate surface area is 202 Å². The molecule has 0 aliphatic carbocycles. The van der Waals surface area contributed by atoms with Gasteiger partial charge in [0.2, 0.25) is 10.0 Å². The average Bonchev–Trinajstić information content (AvgIpc) is 3.29. The van der Waals surface area contributed by atoms with Gasteiger partial charge in [0.15, 0.2) is 0 Å². The van der Waals surface area contributed by atoms with Crippen LogP contribution < -0.4 is 10.9 Å². The van der Waals surface area contributed by atoms with Crippen molar-refractivity contribution in [3.8, 4) is 11.1 Å². The van der Waals surface area contributed by atoms with E-state index in [0.717, 1.165) is 36.0 Å². The van der Waals surface area contributed by atoms with Gasteiger partial charge in [-0.05, 0) is 43.0 Å². The molecule has 0 radical (unpaired) electrons. The zero-order chi connectivity index (χ0) is 23.7. The lowest BCUT2D eigenvalue weighted by Crippen LogP contribution is -2.36. The first-order valence-electron chi connectivity index (χ1n) is 11.3. The molecule has 2 N–H and O–H groups in total. The van der Waals surface area contributed by atoms with E-state index in [9.17, 15) is 13.2 Å². The van der Waals surface area contributed by atoms with Gasteiger partial charge in [0.1, 0.15) is 10.7 Å². The van der Waals surface area contributed by atoms with Crippen LogP contribution in [0, 0.1) is 6.92 Å². The first-order valence-corrected chi connectivity index (χ1v) is 13.7. The molecule has 0 bridgehead atoms. The molecule has 0 atom stereocenters. The highest BCUT2D eigenvalue weighted by Crippen LogP contribution is 2.31. The fourth-order valence-electron chi connectivity index (χ4n) is 4.33. The van der Waals surface area contributed by atoms with E-state index < -0.39 is 10.0 Å². The van der Waals surface area contributed by atoms with E-state index in [1.54, 1.807) is 10.4 Å². The number of sulfonamides is 1. The topological polar surface area (TPSA) is 95.2 Å². The summed E-state index contributed by atoms with van der Waals surface area (Å²) < 4.78 is 27.9. The number of H-pyrrole nitrogens is 1. The fraction of sp³-hybridized carbons (Fsp3) is 0.280. The maximum Gasteiger partial charge on any atom is 0.260 e. The molecular formula is C25H26N4O3S2. The van der Waals surface area contributed by atoms with Crippen molar-refractivity contribution < 1.29 is 8.42 Å². The third kappa shape index (κ3) is 4.38. The van der Waals surface area contributed by atoms with Crippen molar-refractivity contribution in [1.82, 2.24) is 14.3 Å². The van der Waals surface area contributed by atoms with Crippen LogP contribution in [0.3, 0.4) is 0 Å². The summed E-state index contributed by atoms with van der Waals surface area (Å²) in [5.41, 5.74) is 3.06. The molecule has 7 nitrogen and oxygen atoms in total. The second kappa shape index (κ2) is 9.32. The number of aromatic amines is 1. The molecule has 1 aliphatic rings. The second-order valence-corrected chi connectivity index (χ2v) is 11.3. The highest BCUT2D eigenvalue weighted by atomic mass is 32.2. The summed E-state index contributed by atoms with van der Waals surface area (Å²) in [5.74, 6) is 0.500. The first-order chi connectivity index (χ1) is 16.4. The predicted molar refractivity (Wildman–Crippen MR) is 137 cm³/mol. The largest absolute Gasteiger partial charge is 0.378 e. The number of piperidine rings is 1. The molecule has 1 saturated heterocycles. The van der Waals surface area contributed by atoms with Gasteiger partial charge in [-0.2, -0.15) is 4.31 Å². The van der Waals surface area contributed by atoms with Crippen molar-refractivity contribution in [3.05, 3.63) is 75.7 Å². The normalized spacial score (nSPS) is 15.0. The Morgan fingerprint density at radius 1 is 1.09 bits per heavy atom. The third-order valence-corrected chi connectivity index (χ3v) is 9.07. The summed E-state index contributed by atoms with van der Waals surface area (Å²) in [5, 5.41) is 5.77. The first kappa shape index (κ1) is 22.8. The van der Waals surface area contributed by atoms with Gasteiger partial charge in [0, 0.05) is 29.7 Å². The van der Waals surface area contributed by atoms with Crippen molar-refractivity contribution in [2.24, 2.45) is 0 Å². The number of benzene rings is 2. The summed E-state index contributed by atoms with van der Waals surface area (Å²) in [4.78, 5) is 21.4. The molecule has 1 fully saturated rings. The molecule has 34 heavy (non-hydrogen) atoms. The van der Waals surface area contributed by atoms with Gasteiger partial charge in [0.05, 0.1) is 16.8 Å². The van der Waals surface area contributed by atoms with Gasteiger partial charge in [-0.1, -0.05) is 42.8 Å². The molecule has 9 heteroatoms. The lowest BCUT2D eigenvalue weighted by Gasteiger charge is -2.26. The maximum atomic E-state index is 13.2. The molecule has 0 spiro atoms. The zero-order valence-corrected chi connectivity index (χ0v) is 20.5. The van der Waals surface area contributed by atoms with Crippen LogP contribution in [0.5, 0.6) is 0 Å². The number of nitrogens with one attached hydrogen (secondary N) is 2. The number of rotatable bonds is 6. The number of nitrogens with zero attached hydrogens (tertiary/aromatic N) is 2. The molecule has 5 rings (SSSR count). The summed E-state index contributed by atoms with van der Waals surface area (Å²) in [6, 6.07) is 15.1. The van der Waals surface area contributed by atoms with Crippen molar-refractivity contribution >= 4 is 37.3 Å². The highest BCUT2D eigenvalue weighted by molar-refractivity contribution is 7.89. The Bertz CT molecular complexity index is 1490. The third-order valence-electron chi connectivity index (χ3n) is 6.16. The van der Waals surface area contributed by atoms with Crippen LogP contribution in [0.4, 0.5) is 5.69 Å². The lowest BCUT2D eigenvalue weighted by molar-refractivity contribution is 0.346. The molecule has 4 aromatic rings. The van der Waals surface area contributed by atoms with Crippen LogP contribution in [-0.2, 0) is 16.6 Å². The van der Waals surface area contributed by atoms with E-state index in [1.807, 2.05) is 54.8 Å². The van der Waals surface area contributed by atoms with Crippen LogP contribution in [0.2, 0.25) is 0 Å². The van der Waals surface area contributed by atoms with E-state index in [2.05, 4.69) is 15.3 Å². The van der Waals surface area contributed by atoms with Crippen LogP contribution in [0.15, 0.2) is 63.6 Å². The fourth-order valence-corrected chi connectivity index (χ4v) is 7.06. The number of thiophene rings is 1. The zero-order valence-electron chi connectivity index (χ0n) is 18.9. The summed E-state index contributed by atoms with van der Waals surface area (Å²) in [6.45, 7) is 3.22. The summed E-state index contributed by atoms with van der Waals surface area (Å²) in [7, 11) is -3.54. The van der Waals surface area contributed by atoms with Crippen LogP contribution in [0.1, 0.15) is 30.7 Å². The SMILES string of the molecule is Cc1ccc(NCc2nc3scc(-c4ccccc4)c3c(=O)[nH]2)cc1S(=O)(=O)N1CCCCC1. The van der Waals surface area contributed by atoms with E-state index in [1.165, 1.54) is 11.3 Å². The molecule has 0 amide bonds. The summed E-state index contributed by atoms with van der Waals surface area (Å²) in [6.07, 6.45) is 2.86.